The van der Waals surface area contributed by atoms with E-state index < -0.39 is 0 Å². The molecule has 1 heteroatoms. The van der Waals surface area contributed by atoms with Gasteiger partial charge in [0, 0.05) is 6.61 Å². The molecular formula is C30H62O. The predicted octanol–water partition coefficient (Wildman–Crippen LogP) is 11.2. The summed E-state index contributed by atoms with van der Waals surface area (Å²) in [4.78, 5) is 0. The van der Waals surface area contributed by atoms with Crippen molar-refractivity contribution < 1.29 is 4.74 Å². The molecule has 0 rings (SSSR count). The lowest BCUT2D eigenvalue weighted by molar-refractivity contribution is 0.0357. The molecule has 0 spiro atoms. The Labute approximate surface area is 198 Å². The minimum atomic E-state index is 0.542. The summed E-state index contributed by atoms with van der Waals surface area (Å²) >= 11 is 0. The smallest absolute Gasteiger partial charge is 0.0575 e. The fourth-order valence-electron chi connectivity index (χ4n) is 4.63. The van der Waals surface area contributed by atoms with Gasteiger partial charge in [-0.25, -0.2) is 0 Å². The first-order valence-electron chi connectivity index (χ1n) is 15.0. The quantitative estimate of drug-likeness (QED) is 0.116. The van der Waals surface area contributed by atoms with Crippen molar-refractivity contribution in [3.05, 3.63) is 0 Å². The van der Waals surface area contributed by atoms with E-state index in [1.54, 1.807) is 0 Å². The molecule has 0 aliphatic rings. The van der Waals surface area contributed by atoms with E-state index in [1.807, 2.05) is 0 Å². The highest BCUT2D eigenvalue weighted by Gasteiger charge is 2.09. The third kappa shape index (κ3) is 26.1. The molecule has 0 N–H and O–H groups in total. The molecule has 0 radical (unpaired) electrons. The number of hydrogen-bond donors (Lipinski definition) is 0. The van der Waals surface area contributed by atoms with Gasteiger partial charge in [-0.15, -0.1) is 0 Å². The Morgan fingerprint density at radius 1 is 0.355 bits per heavy atom. The van der Waals surface area contributed by atoms with Crippen LogP contribution >= 0.6 is 0 Å². The normalized spacial score (nSPS) is 12.5. The van der Waals surface area contributed by atoms with Gasteiger partial charge in [0.05, 0.1) is 6.10 Å². The topological polar surface area (TPSA) is 9.23 Å². The Balaban J connectivity index is 3.81. The van der Waals surface area contributed by atoms with Crippen LogP contribution in [0.4, 0.5) is 0 Å². The minimum Gasteiger partial charge on any atom is -0.378 e. The lowest BCUT2D eigenvalue weighted by atomic mass is 10.0. The summed E-state index contributed by atoms with van der Waals surface area (Å²) in [5.74, 6) is 0. The SMILES string of the molecule is CCCCCCCCCCOC(CCCCCCCCC)CCCCCCCCCC. The maximum atomic E-state index is 6.39. The lowest BCUT2D eigenvalue weighted by Gasteiger charge is -2.18. The van der Waals surface area contributed by atoms with Gasteiger partial charge in [0.15, 0.2) is 0 Å². The molecule has 1 nitrogen and oxygen atoms in total. The van der Waals surface area contributed by atoms with E-state index in [1.165, 1.54) is 161 Å². The van der Waals surface area contributed by atoms with E-state index in [2.05, 4.69) is 20.8 Å². The largest absolute Gasteiger partial charge is 0.378 e. The predicted molar refractivity (Wildman–Crippen MR) is 142 cm³/mol. The third-order valence-corrected chi connectivity index (χ3v) is 6.86. The van der Waals surface area contributed by atoms with Crippen molar-refractivity contribution in [3.63, 3.8) is 0 Å². The summed E-state index contributed by atoms with van der Waals surface area (Å²) in [7, 11) is 0. The summed E-state index contributed by atoms with van der Waals surface area (Å²) in [5, 5.41) is 0. The van der Waals surface area contributed by atoms with Crippen LogP contribution in [-0.2, 0) is 4.74 Å². The molecule has 0 fully saturated rings. The van der Waals surface area contributed by atoms with Gasteiger partial charge >= 0.3 is 0 Å². The molecule has 0 aliphatic heterocycles. The summed E-state index contributed by atoms with van der Waals surface area (Å²) in [6.07, 6.45) is 35.5. The summed E-state index contributed by atoms with van der Waals surface area (Å²) < 4.78 is 6.39. The van der Waals surface area contributed by atoms with Gasteiger partial charge in [0.2, 0.25) is 0 Å². The van der Waals surface area contributed by atoms with E-state index in [0.717, 1.165) is 6.61 Å². The highest BCUT2D eigenvalue weighted by Crippen LogP contribution is 2.18. The zero-order chi connectivity index (χ0) is 22.7. The molecule has 0 aromatic heterocycles. The number of hydrogen-bond acceptors (Lipinski definition) is 1. The molecule has 1 unspecified atom stereocenters. The van der Waals surface area contributed by atoms with Crippen LogP contribution in [0.25, 0.3) is 0 Å². The molecule has 0 amide bonds. The maximum Gasteiger partial charge on any atom is 0.0575 e. The summed E-state index contributed by atoms with van der Waals surface area (Å²) in [6.45, 7) is 7.92. The van der Waals surface area contributed by atoms with E-state index in [4.69, 9.17) is 4.74 Å². The third-order valence-electron chi connectivity index (χ3n) is 6.86. The van der Waals surface area contributed by atoms with Crippen LogP contribution in [-0.4, -0.2) is 12.7 Å². The summed E-state index contributed by atoms with van der Waals surface area (Å²) in [5.41, 5.74) is 0. The first kappa shape index (κ1) is 31.0. The van der Waals surface area contributed by atoms with Gasteiger partial charge in [0.1, 0.15) is 0 Å². The molecule has 0 heterocycles. The van der Waals surface area contributed by atoms with Crippen molar-refractivity contribution in [3.8, 4) is 0 Å². The lowest BCUT2D eigenvalue weighted by Crippen LogP contribution is -2.14. The van der Waals surface area contributed by atoms with Crippen molar-refractivity contribution >= 4 is 0 Å². The monoisotopic (exact) mass is 438 g/mol. The Kier molecular flexibility index (Phi) is 28.0. The second-order valence-corrected chi connectivity index (χ2v) is 10.1. The van der Waals surface area contributed by atoms with Crippen molar-refractivity contribution in [2.24, 2.45) is 0 Å². The number of rotatable bonds is 27. The van der Waals surface area contributed by atoms with Gasteiger partial charge in [-0.3, -0.25) is 0 Å². The molecule has 0 saturated heterocycles. The van der Waals surface area contributed by atoms with E-state index >= 15 is 0 Å². The molecule has 0 bridgehead atoms. The first-order valence-corrected chi connectivity index (χ1v) is 15.0. The molecule has 0 aromatic carbocycles. The molecular weight excluding hydrogens is 376 g/mol. The fraction of sp³-hybridized carbons (Fsp3) is 1.00. The highest BCUT2D eigenvalue weighted by atomic mass is 16.5. The second-order valence-electron chi connectivity index (χ2n) is 10.1. The summed E-state index contributed by atoms with van der Waals surface area (Å²) in [6, 6.07) is 0. The molecule has 0 aromatic rings. The van der Waals surface area contributed by atoms with Crippen molar-refractivity contribution in [1.82, 2.24) is 0 Å². The van der Waals surface area contributed by atoms with Crippen LogP contribution in [0.1, 0.15) is 181 Å². The Morgan fingerprint density at radius 3 is 1.00 bits per heavy atom. The zero-order valence-corrected chi connectivity index (χ0v) is 22.4. The second kappa shape index (κ2) is 28.0. The van der Waals surface area contributed by atoms with Crippen LogP contribution in [0.2, 0.25) is 0 Å². The van der Waals surface area contributed by atoms with Crippen molar-refractivity contribution in [2.75, 3.05) is 6.61 Å². The number of unbranched alkanes of at least 4 members (excludes halogenated alkanes) is 20. The van der Waals surface area contributed by atoms with Crippen LogP contribution in [0, 0.1) is 0 Å². The van der Waals surface area contributed by atoms with Gasteiger partial charge in [-0.2, -0.15) is 0 Å². The minimum absolute atomic E-state index is 0.542. The van der Waals surface area contributed by atoms with E-state index in [9.17, 15) is 0 Å². The van der Waals surface area contributed by atoms with Crippen LogP contribution in [0.5, 0.6) is 0 Å². The molecule has 188 valence electrons. The van der Waals surface area contributed by atoms with Crippen molar-refractivity contribution in [2.45, 2.75) is 187 Å². The highest BCUT2D eigenvalue weighted by molar-refractivity contribution is 4.61. The molecule has 1 atom stereocenters. The van der Waals surface area contributed by atoms with Crippen LogP contribution in [0.15, 0.2) is 0 Å². The van der Waals surface area contributed by atoms with Gasteiger partial charge < -0.3 is 4.74 Å². The van der Waals surface area contributed by atoms with Crippen LogP contribution < -0.4 is 0 Å². The molecule has 0 aliphatic carbocycles. The number of ether oxygens (including phenoxy) is 1. The Hall–Kier alpha value is -0.0400. The standard InChI is InChI=1S/C30H62O/c1-4-7-10-13-16-19-22-25-28-30(27-24-21-18-15-12-9-6-3)31-29-26-23-20-17-14-11-8-5-2/h30H,4-29H2,1-3H3. The Bertz CT molecular complexity index is 301. The zero-order valence-electron chi connectivity index (χ0n) is 22.4. The Morgan fingerprint density at radius 2 is 0.645 bits per heavy atom. The van der Waals surface area contributed by atoms with Gasteiger partial charge in [-0.1, -0.05) is 162 Å². The fourth-order valence-corrected chi connectivity index (χ4v) is 4.63. The molecule has 0 saturated carbocycles. The van der Waals surface area contributed by atoms with Gasteiger partial charge in [0.25, 0.3) is 0 Å². The van der Waals surface area contributed by atoms with E-state index in [0.29, 0.717) is 6.10 Å². The first-order chi connectivity index (χ1) is 15.3. The van der Waals surface area contributed by atoms with Gasteiger partial charge in [-0.05, 0) is 19.3 Å². The van der Waals surface area contributed by atoms with Crippen LogP contribution in [0.3, 0.4) is 0 Å². The van der Waals surface area contributed by atoms with E-state index in [-0.39, 0.29) is 0 Å². The average Bonchev–Trinajstić information content (AvgIpc) is 2.78. The van der Waals surface area contributed by atoms with Crippen molar-refractivity contribution in [1.29, 1.82) is 0 Å². The molecule has 31 heavy (non-hydrogen) atoms. The maximum absolute atomic E-state index is 6.39. The average molecular weight is 439 g/mol.